The van der Waals surface area contributed by atoms with Crippen molar-refractivity contribution in [3.05, 3.63) is 11.6 Å². The maximum Gasteiger partial charge on any atom is 0.240 e. The number of thiazole rings is 1. The third-order valence-electron chi connectivity index (χ3n) is 4.17. The molecule has 1 amide bonds. The first-order valence-corrected chi connectivity index (χ1v) is 8.22. The van der Waals surface area contributed by atoms with Gasteiger partial charge in [0.1, 0.15) is 0 Å². The lowest BCUT2D eigenvalue weighted by molar-refractivity contribution is -0.117. The first kappa shape index (κ1) is 14.0. The summed E-state index contributed by atoms with van der Waals surface area (Å²) >= 11 is 1.45. The Morgan fingerprint density at radius 3 is 2.95 bits per heavy atom. The predicted molar refractivity (Wildman–Crippen MR) is 78.9 cm³/mol. The highest BCUT2D eigenvalue weighted by atomic mass is 32.1. The van der Waals surface area contributed by atoms with Crippen LogP contribution in [0.2, 0.25) is 0 Å². The number of carbonyl (C=O) groups excluding carboxylic acids is 1. The summed E-state index contributed by atoms with van der Waals surface area (Å²) in [6.45, 7) is 3.39. The monoisotopic (exact) mass is 295 g/mol. The minimum Gasteiger partial charge on any atom is -0.378 e. The first-order valence-electron chi connectivity index (χ1n) is 7.34. The van der Waals surface area contributed by atoms with Crippen LogP contribution in [0.25, 0.3) is 0 Å². The molecule has 0 saturated carbocycles. The van der Waals surface area contributed by atoms with Crippen molar-refractivity contribution in [1.29, 1.82) is 0 Å². The minimum atomic E-state index is 0.0375. The van der Waals surface area contributed by atoms with Crippen molar-refractivity contribution in [2.75, 3.05) is 31.6 Å². The quantitative estimate of drug-likeness (QED) is 0.923. The van der Waals surface area contributed by atoms with Gasteiger partial charge in [-0.3, -0.25) is 9.69 Å². The second-order valence-corrected chi connectivity index (χ2v) is 6.45. The molecule has 2 fully saturated rings. The number of hydrogen-bond donors (Lipinski definition) is 1. The van der Waals surface area contributed by atoms with Gasteiger partial charge in [0.15, 0.2) is 5.13 Å². The van der Waals surface area contributed by atoms with Gasteiger partial charge in [-0.1, -0.05) is 0 Å². The Balaban J connectivity index is 1.40. The summed E-state index contributed by atoms with van der Waals surface area (Å²) in [5.41, 5.74) is 0. The highest BCUT2D eigenvalue weighted by Gasteiger charge is 2.29. The van der Waals surface area contributed by atoms with Gasteiger partial charge in [0, 0.05) is 18.2 Å². The molecular weight excluding hydrogens is 274 g/mol. The molecule has 0 bridgehead atoms. The molecule has 1 aromatic heterocycles. The lowest BCUT2D eigenvalue weighted by Crippen LogP contribution is -2.41. The van der Waals surface area contributed by atoms with Gasteiger partial charge < -0.3 is 10.1 Å². The van der Waals surface area contributed by atoms with E-state index in [-0.39, 0.29) is 5.91 Å². The maximum atomic E-state index is 11.9. The molecule has 1 aromatic rings. The number of aromatic nitrogens is 1. The van der Waals surface area contributed by atoms with Gasteiger partial charge in [-0.2, -0.15) is 0 Å². The molecule has 3 heterocycles. The van der Waals surface area contributed by atoms with E-state index >= 15 is 0 Å². The fourth-order valence-corrected chi connectivity index (χ4v) is 3.65. The zero-order valence-electron chi connectivity index (χ0n) is 11.6. The molecule has 20 heavy (non-hydrogen) atoms. The highest BCUT2D eigenvalue weighted by Crippen LogP contribution is 2.28. The summed E-state index contributed by atoms with van der Waals surface area (Å²) in [5.74, 6) is 0.728. The molecule has 0 aromatic carbocycles. The molecule has 2 saturated heterocycles. The predicted octanol–water partition coefficient (Wildman–Crippen LogP) is 1.97. The molecular formula is C14H21N3O2S. The molecule has 110 valence electrons. The van der Waals surface area contributed by atoms with Gasteiger partial charge in [0.25, 0.3) is 0 Å². The Morgan fingerprint density at radius 2 is 2.30 bits per heavy atom. The number of nitrogens with one attached hydrogen (secondary N) is 1. The summed E-state index contributed by atoms with van der Waals surface area (Å²) in [7, 11) is 0. The van der Waals surface area contributed by atoms with Gasteiger partial charge in [0.05, 0.1) is 12.6 Å². The van der Waals surface area contributed by atoms with Crippen LogP contribution in [0.5, 0.6) is 0 Å². The molecule has 6 heteroatoms. The summed E-state index contributed by atoms with van der Waals surface area (Å²) in [6.07, 6.45) is 6.90. The molecule has 1 unspecified atom stereocenters. The van der Waals surface area contributed by atoms with Gasteiger partial charge in [-0.25, -0.2) is 4.98 Å². The first-order chi connectivity index (χ1) is 9.81. The SMILES string of the molecule is O=C(CN1CCC(C2CCCO2)CC1)Nc1nccs1. The van der Waals surface area contributed by atoms with E-state index in [0.29, 0.717) is 23.7 Å². The van der Waals surface area contributed by atoms with Crippen LogP contribution in [0.4, 0.5) is 5.13 Å². The van der Waals surface area contributed by atoms with Gasteiger partial charge in [-0.05, 0) is 44.7 Å². The summed E-state index contributed by atoms with van der Waals surface area (Å²) in [6, 6.07) is 0. The molecule has 0 aliphatic carbocycles. The Labute approximate surface area is 123 Å². The number of likely N-dealkylation sites (tertiary alicyclic amines) is 1. The second kappa shape index (κ2) is 6.65. The molecule has 2 aliphatic rings. The summed E-state index contributed by atoms with van der Waals surface area (Å²) in [5, 5.41) is 5.39. The number of piperidine rings is 1. The normalized spacial score (nSPS) is 24.9. The Bertz CT molecular complexity index is 424. The van der Waals surface area contributed by atoms with E-state index in [2.05, 4.69) is 15.2 Å². The van der Waals surface area contributed by atoms with E-state index in [1.54, 1.807) is 6.20 Å². The van der Waals surface area contributed by atoms with Crippen molar-refractivity contribution in [2.45, 2.75) is 31.8 Å². The van der Waals surface area contributed by atoms with Crippen molar-refractivity contribution in [2.24, 2.45) is 5.92 Å². The fourth-order valence-electron chi connectivity index (χ4n) is 3.10. The fraction of sp³-hybridized carbons (Fsp3) is 0.714. The molecule has 5 nitrogen and oxygen atoms in total. The van der Waals surface area contributed by atoms with E-state index in [1.165, 1.54) is 24.2 Å². The van der Waals surface area contributed by atoms with E-state index in [4.69, 9.17) is 4.74 Å². The van der Waals surface area contributed by atoms with Crippen molar-refractivity contribution in [1.82, 2.24) is 9.88 Å². The third kappa shape index (κ3) is 3.56. The van der Waals surface area contributed by atoms with Gasteiger partial charge in [-0.15, -0.1) is 11.3 Å². The van der Waals surface area contributed by atoms with Crippen molar-refractivity contribution < 1.29 is 9.53 Å². The summed E-state index contributed by atoms with van der Waals surface area (Å²) < 4.78 is 5.77. The van der Waals surface area contributed by atoms with Crippen LogP contribution in [0.3, 0.4) is 0 Å². The standard InChI is InChI=1S/C14H21N3O2S/c18-13(16-14-15-5-9-20-14)10-17-6-3-11(4-7-17)12-2-1-8-19-12/h5,9,11-12H,1-4,6-8,10H2,(H,15,16,18). The van der Waals surface area contributed by atoms with Crippen molar-refractivity contribution in [3.63, 3.8) is 0 Å². The topological polar surface area (TPSA) is 54.5 Å². The van der Waals surface area contributed by atoms with E-state index < -0.39 is 0 Å². The van der Waals surface area contributed by atoms with Crippen LogP contribution < -0.4 is 5.32 Å². The third-order valence-corrected chi connectivity index (χ3v) is 4.86. The molecule has 1 N–H and O–H groups in total. The van der Waals surface area contributed by atoms with Crippen molar-refractivity contribution >= 4 is 22.4 Å². The summed E-state index contributed by atoms with van der Waals surface area (Å²) in [4.78, 5) is 18.2. The number of carbonyl (C=O) groups is 1. The lowest BCUT2D eigenvalue weighted by Gasteiger charge is -2.33. The number of ether oxygens (including phenoxy) is 1. The number of nitrogens with zero attached hydrogens (tertiary/aromatic N) is 2. The minimum absolute atomic E-state index is 0.0375. The maximum absolute atomic E-state index is 11.9. The average Bonchev–Trinajstić information content (AvgIpc) is 3.12. The van der Waals surface area contributed by atoms with Crippen LogP contribution in [0.15, 0.2) is 11.6 Å². The van der Waals surface area contributed by atoms with E-state index in [0.717, 1.165) is 32.5 Å². The van der Waals surface area contributed by atoms with Gasteiger partial charge >= 0.3 is 0 Å². The number of anilines is 1. The zero-order chi connectivity index (χ0) is 13.8. The largest absolute Gasteiger partial charge is 0.378 e. The Morgan fingerprint density at radius 1 is 1.45 bits per heavy atom. The van der Waals surface area contributed by atoms with Crippen LogP contribution in [-0.4, -0.2) is 48.1 Å². The van der Waals surface area contributed by atoms with E-state index in [1.807, 2.05) is 5.38 Å². The molecule has 2 aliphatic heterocycles. The van der Waals surface area contributed by atoms with Crippen LogP contribution in [0, 0.1) is 5.92 Å². The average molecular weight is 295 g/mol. The van der Waals surface area contributed by atoms with E-state index in [9.17, 15) is 4.79 Å². The molecule has 3 rings (SSSR count). The molecule has 0 radical (unpaired) electrons. The van der Waals surface area contributed by atoms with Gasteiger partial charge in [0.2, 0.25) is 5.91 Å². The molecule has 1 atom stereocenters. The number of hydrogen-bond acceptors (Lipinski definition) is 5. The lowest BCUT2D eigenvalue weighted by atomic mass is 9.90. The Hall–Kier alpha value is -0.980. The smallest absolute Gasteiger partial charge is 0.240 e. The van der Waals surface area contributed by atoms with Crippen LogP contribution in [0.1, 0.15) is 25.7 Å². The van der Waals surface area contributed by atoms with Crippen molar-refractivity contribution in [3.8, 4) is 0 Å². The Kier molecular flexibility index (Phi) is 4.65. The van der Waals surface area contributed by atoms with Crippen LogP contribution >= 0.6 is 11.3 Å². The number of amides is 1. The molecule has 0 spiro atoms. The zero-order valence-corrected chi connectivity index (χ0v) is 12.4. The second-order valence-electron chi connectivity index (χ2n) is 5.55. The number of rotatable bonds is 4. The van der Waals surface area contributed by atoms with Crippen LogP contribution in [-0.2, 0) is 9.53 Å². The highest BCUT2D eigenvalue weighted by molar-refractivity contribution is 7.13.